The molecule has 86 valence electrons. The molecule has 2 unspecified atom stereocenters. The molecule has 0 radical (unpaired) electrons. The second-order valence-corrected chi connectivity index (χ2v) is 4.07. The van der Waals surface area contributed by atoms with Crippen molar-refractivity contribution in [2.24, 2.45) is 0 Å². The van der Waals surface area contributed by atoms with Gasteiger partial charge in [0.05, 0.1) is 19.3 Å². The number of aliphatic hydroxyl groups excluding tert-OH is 1. The molecule has 15 heavy (non-hydrogen) atoms. The van der Waals surface area contributed by atoms with Crippen molar-refractivity contribution >= 4 is 5.91 Å². The highest BCUT2D eigenvalue weighted by Gasteiger charge is 2.33. The highest BCUT2D eigenvalue weighted by molar-refractivity contribution is 5.82. The number of aliphatic hydroxyl groups is 1. The predicted molar refractivity (Wildman–Crippen MR) is 54.4 cm³/mol. The molecule has 2 heterocycles. The van der Waals surface area contributed by atoms with Crippen LogP contribution in [0, 0.1) is 0 Å². The van der Waals surface area contributed by atoms with E-state index in [1.807, 2.05) is 0 Å². The average Bonchev–Trinajstić information content (AvgIpc) is 2.77. The number of carbonyl (C=O) groups excluding carboxylic acids is 1. The monoisotopic (exact) mass is 214 g/mol. The quantitative estimate of drug-likeness (QED) is 0.616. The van der Waals surface area contributed by atoms with E-state index >= 15 is 0 Å². The third kappa shape index (κ3) is 2.30. The summed E-state index contributed by atoms with van der Waals surface area (Å²) < 4.78 is 5.41. The summed E-state index contributed by atoms with van der Waals surface area (Å²) in [4.78, 5) is 13.8. The largest absolute Gasteiger partial charge is 0.394 e. The van der Waals surface area contributed by atoms with Crippen molar-refractivity contribution in [1.29, 1.82) is 0 Å². The second kappa shape index (κ2) is 4.92. The van der Waals surface area contributed by atoms with E-state index in [9.17, 15) is 4.79 Å². The summed E-state index contributed by atoms with van der Waals surface area (Å²) >= 11 is 0. The van der Waals surface area contributed by atoms with Crippen LogP contribution in [0.4, 0.5) is 0 Å². The zero-order valence-electron chi connectivity index (χ0n) is 8.82. The molecular formula is C10H18N2O3. The molecular weight excluding hydrogens is 196 g/mol. The number of nitrogens with zero attached hydrogens (tertiary/aromatic N) is 1. The summed E-state index contributed by atoms with van der Waals surface area (Å²) in [6.07, 6.45) is 1.53. The summed E-state index contributed by atoms with van der Waals surface area (Å²) in [5.41, 5.74) is 0. The molecule has 5 nitrogen and oxygen atoms in total. The second-order valence-electron chi connectivity index (χ2n) is 4.07. The van der Waals surface area contributed by atoms with Crippen LogP contribution in [0.5, 0.6) is 0 Å². The highest BCUT2D eigenvalue weighted by Crippen LogP contribution is 2.18. The van der Waals surface area contributed by atoms with Gasteiger partial charge >= 0.3 is 0 Å². The van der Waals surface area contributed by atoms with E-state index in [-0.39, 0.29) is 24.7 Å². The van der Waals surface area contributed by atoms with Crippen molar-refractivity contribution in [3.63, 3.8) is 0 Å². The molecule has 2 N–H and O–H groups in total. The Balaban J connectivity index is 1.93. The first-order valence-corrected chi connectivity index (χ1v) is 5.56. The molecule has 2 rings (SSSR count). The van der Waals surface area contributed by atoms with E-state index in [1.54, 1.807) is 4.90 Å². The third-order valence-corrected chi connectivity index (χ3v) is 3.07. The number of hydrogen-bond acceptors (Lipinski definition) is 4. The lowest BCUT2D eigenvalue weighted by Crippen LogP contribution is -2.51. The molecule has 0 spiro atoms. The van der Waals surface area contributed by atoms with E-state index < -0.39 is 0 Å². The lowest BCUT2D eigenvalue weighted by molar-refractivity contribution is -0.146. The zero-order valence-corrected chi connectivity index (χ0v) is 8.82. The number of ether oxygens (including phenoxy) is 1. The summed E-state index contributed by atoms with van der Waals surface area (Å²) in [6.45, 7) is 2.81. The van der Waals surface area contributed by atoms with Crippen LogP contribution in [-0.2, 0) is 9.53 Å². The number of rotatable bonds is 2. The van der Waals surface area contributed by atoms with Crippen LogP contribution >= 0.6 is 0 Å². The first-order chi connectivity index (χ1) is 7.33. The minimum Gasteiger partial charge on any atom is -0.394 e. The van der Waals surface area contributed by atoms with Crippen molar-refractivity contribution in [1.82, 2.24) is 10.2 Å². The van der Waals surface area contributed by atoms with Gasteiger partial charge in [-0.05, 0) is 12.8 Å². The van der Waals surface area contributed by atoms with Crippen LogP contribution in [0.25, 0.3) is 0 Å². The van der Waals surface area contributed by atoms with Crippen LogP contribution in [0.2, 0.25) is 0 Å². The number of hydrogen-bond donors (Lipinski definition) is 2. The van der Waals surface area contributed by atoms with Crippen LogP contribution in [0.1, 0.15) is 12.8 Å². The predicted octanol–water partition coefficient (Wildman–Crippen LogP) is -1.04. The number of nitrogens with one attached hydrogen (secondary N) is 1. The molecule has 0 aromatic rings. The molecule has 2 aliphatic heterocycles. The topological polar surface area (TPSA) is 61.8 Å². The number of likely N-dealkylation sites (tertiary alicyclic amines) is 1. The maximum absolute atomic E-state index is 12.0. The Bertz CT molecular complexity index is 229. The third-order valence-electron chi connectivity index (χ3n) is 3.07. The Hall–Kier alpha value is -0.650. The van der Waals surface area contributed by atoms with E-state index in [2.05, 4.69) is 5.32 Å². The molecule has 0 aliphatic carbocycles. The number of amides is 1. The fourth-order valence-corrected chi connectivity index (χ4v) is 2.22. The van der Waals surface area contributed by atoms with Gasteiger partial charge in [0.1, 0.15) is 6.10 Å². The van der Waals surface area contributed by atoms with Gasteiger partial charge in [-0.15, -0.1) is 0 Å². The molecule has 1 amide bonds. The molecule has 0 aromatic carbocycles. The Morgan fingerprint density at radius 1 is 1.60 bits per heavy atom. The fraction of sp³-hybridized carbons (Fsp3) is 0.900. The van der Waals surface area contributed by atoms with Crippen molar-refractivity contribution in [2.45, 2.75) is 25.0 Å². The molecule has 2 atom stereocenters. The van der Waals surface area contributed by atoms with Gasteiger partial charge < -0.3 is 20.1 Å². The van der Waals surface area contributed by atoms with Crippen LogP contribution < -0.4 is 5.32 Å². The molecule has 0 bridgehead atoms. The molecule has 5 heteroatoms. The molecule has 2 saturated heterocycles. The van der Waals surface area contributed by atoms with Crippen molar-refractivity contribution in [2.75, 3.05) is 32.8 Å². The standard InChI is InChI=1S/C10H18N2O3/c13-7-8-2-1-4-12(8)10(14)9-6-11-3-5-15-9/h8-9,11,13H,1-7H2. The maximum Gasteiger partial charge on any atom is 0.253 e. The lowest BCUT2D eigenvalue weighted by Gasteiger charge is -2.30. The highest BCUT2D eigenvalue weighted by atomic mass is 16.5. The summed E-state index contributed by atoms with van der Waals surface area (Å²) in [6, 6.07) is 0.00280. The Labute approximate surface area is 89.4 Å². The van der Waals surface area contributed by atoms with Crippen LogP contribution in [-0.4, -0.2) is 60.9 Å². The van der Waals surface area contributed by atoms with Crippen molar-refractivity contribution in [3.8, 4) is 0 Å². The normalized spacial score (nSPS) is 31.9. The van der Waals surface area contributed by atoms with Gasteiger partial charge in [0.25, 0.3) is 5.91 Å². The van der Waals surface area contributed by atoms with E-state index in [4.69, 9.17) is 9.84 Å². The van der Waals surface area contributed by atoms with E-state index in [0.29, 0.717) is 13.2 Å². The first-order valence-electron chi connectivity index (χ1n) is 5.56. The molecule has 0 saturated carbocycles. The van der Waals surface area contributed by atoms with E-state index in [0.717, 1.165) is 25.9 Å². The van der Waals surface area contributed by atoms with Gasteiger partial charge in [0.15, 0.2) is 0 Å². The van der Waals surface area contributed by atoms with Gasteiger partial charge in [0, 0.05) is 19.6 Å². The lowest BCUT2D eigenvalue weighted by atomic mass is 10.2. The Morgan fingerprint density at radius 2 is 2.47 bits per heavy atom. The molecule has 2 fully saturated rings. The average molecular weight is 214 g/mol. The fourth-order valence-electron chi connectivity index (χ4n) is 2.22. The molecule has 0 aromatic heterocycles. The minimum atomic E-state index is -0.356. The van der Waals surface area contributed by atoms with Gasteiger partial charge in [0.2, 0.25) is 0 Å². The summed E-state index contributed by atoms with van der Waals surface area (Å²) in [5.74, 6) is 0.0266. The molecule has 2 aliphatic rings. The van der Waals surface area contributed by atoms with Crippen molar-refractivity contribution in [3.05, 3.63) is 0 Å². The number of morpholine rings is 1. The van der Waals surface area contributed by atoms with Gasteiger partial charge in [-0.2, -0.15) is 0 Å². The maximum atomic E-state index is 12.0. The van der Waals surface area contributed by atoms with Gasteiger partial charge in [-0.3, -0.25) is 4.79 Å². The zero-order chi connectivity index (χ0) is 10.7. The SMILES string of the molecule is O=C(C1CNCCO1)N1CCCC1CO. The van der Waals surface area contributed by atoms with E-state index in [1.165, 1.54) is 0 Å². The smallest absolute Gasteiger partial charge is 0.253 e. The summed E-state index contributed by atoms with van der Waals surface area (Å²) in [5, 5.41) is 12.3. The first kappa shape index (κ1) is 10.9. The minimum absolute atomic E-state index is 0.00280. The van der Waals surface area contributed by atoms with Crippen LogP contribution in [0.3, 0.4) is 0 Å². The summed E-state index contributed by atoms with van der Waals surface area (Å²) in [7, 11) is 0. The van der Waals surface area contributed by atoms with Gasteiger partial charge in [-0.25, -0.2) is 0 Å². The van der Waals surface area contributed by atoms with Gasteiger partial charge in [-0.1, -0.05) is 0 Å². The number of carbonyl (C=O) groups is 1. The van der Waals surface area contributed by atoms with Crippen LogP contribution in [0.15, 0.2) is 0 Å². The Morgan fingerprint density at radius 3 is 3.13 bits per heavy atom. The Kier molecular flexibility index (Phi) is 3.56. The van der Waals surface area contributed by atoms with Crippen molar-refractivity contribution < 1.29 is 14.6 Å².